The number of non-ortho nitro benzene ring substituents is 1. The maximum atomic E-state index is 12.4. The molecule has 0 aliphatic heterocycles. The molecule has 3 rings (SSSR count). The van der Waals surface area contributed by atoms with Gasteiger partial charge in [-0.1, -0.05) is 6.58 Å². The fourth-order valence-electron chi connectivity index (χ4n) is 2.85. The molecule has 0 heterocycles. The van der Waals surface area contributed by atoms with Crippen molar-refractivity contribution in [3.63, 3.8) is 0 Å². The third-order valence-corrected chi connectivity index (χ3v) is 4.79. The lowest BCUT2D eigenvalue weighted by Gasteiger charge is -2.09. The first kappa shape index (κ1) is 26.6. The van der Waals surface area contributed by atoms with Gasteiger partial charge in [0.25, 0.3) is 5.69 Å². The van der Waals surface area contributed by atoms with Crippen molar-refractivity contribution in [1.29, 1.82) is 0 Å². The van der Waals surface area contributed by atoms with Gasteiger partial charge in [0.2, 0.25) is 0 Å². The van der Waals surface area contributed by atoms with Gasteiger partial charge in [-0.3, -0.25) is 10.1 Å². The Balaban J connectivity index is 1.46. The van der Waals surface area contributed by atoms with E-state index in [0.717, 1.165) is 0 Å². The molecule has 190 valence electrons. The number of nitro groups is 1. The third-order valence-electron chi connectivity index (χ3n) is 4.79. The fraction of sp³-hybridized carbons (Fsp3) is 0.148. The number of esters is 3. The zero-order valence-electron chi connectivity index (χ0n) is 19.9. The molecule has 0 N–H and O–H groups in total. The van der Waals surface area contributed by atoms with Gasteiger partial charge in [0.05, 0.1) is 29.3 Å². The van der Waals surface area contributed by atoms with Crippen molar-refractivity contribution in [2.45, 2.75) is 13.3 Å². The van der Waals surface area contributed by atoms with E-state index in [2.05, 4.69) is 6.58 Å². The van der Waals surface area contributed by atoms with Gasteiger partial charge in [0.15, 0.2) is 0 Å². The quantitative estimate of drug-likeness (QED) is 0.0889. The molecule has 0 saturated heterocycles. The number of ether oxygens (including phenoxy) is 4. The van der Waals surface area contributed by atoms with E-state index in [1.165, 1.54) is 48.5 Å². The Morgan fingerprint density at radius 1 is 0.757 bits per heavy atom. The van der Waals surface area contributed by atoms with Crippen molar-refractivity contribution in [3.8, 4) is 17.2 Å². The number of hydrogen-bond acceptors (Lipinski definition) is 9. The van der Waals surface area contributed by atoms with E-state index in [0.29, 0.717) is 29.9 Å². The average Bonchev–Trinajstić information content (AvgIpc) is 2.89. The molecule has 0 saturated carbocycles. The lowest BCUT2D eigenvalue weighted by Crippen LogP contribution is -2.10. The Kier molecular flexibility index (Phi) is 9.09. The normalized spacial score (nSPS) is 10.2. The van der Waals surface area contributed by atoms with Gasteiger partial charge in [-0.25, -0.2) is 14.4 Å². The molecule has 0 bridgehead atoms. The van der Waals surface area contributed by atoms with Crippen molar-refractivity contribution < 1.29 is 38.3 Å². The number of carbonyl (C=O) groups excluding carboxylic acids is 3. The molecule has 0 aliphatic carbocycles. The van der Waals surface area contributed by atoms with Gasteiger partial charge >= 0.3 is 17.9 Å². The molecule has 0 fully saturated rings. The minimum atomic E-state index is -0.670. The smallest absolute Gasteiger partial charge is 0.343 e. The van der Waals surface area contributed by atoms with Gasteiger partial charge in [-0.05, 0) is 67.6 Å². The van der Waals surface area contributed by atoms with E-state index in [9.17, 15) is 24.5 Å². The predicted octanol–water partition coefficient (Wildman–Crippen LogP) is 4.92. The van der Waals surface area contributed by atoms with Crippen molar-refractivity contribution in [1.82, 2.24) is 0 Å². The van der Waals surface area contributed by atoms with E-state index in [-0.39, 0.29) is 29.4 Å². The molecule has 0 aliphatic rings. The summed E-state index contributed by atoms with van der Waals surface area (Å²) in [5.74, 6) is -0.791. The molecule has 0 atom stereocenters. The second kappa shape index (κ2) is 12.6. The molecule has 0 unspecified atom stereocenters. The Bertz CT molecular complexity index is 1280. The zero-order chi connectivity index (χ0) is 26.8. The highest BCUT2D eigenvalue weighted by atomic mass is 16.6. The first-order valence-electron chi connectivity index (χ1n) is 11.1. The molecule has 10 heteroatoms. The number of benzene rings is 3. The fourth-order valence-corrected chi connectivity index (χ4v) is 2.85. The van der Waals surface area contributed by atoms with E-state index < -0.39 is 22.8 Å². The Morgan fingerprint density at radius 3 is 1.68 bits per heavy atom. The third kappa shape index (κ3) is 8.03. The topological polar surface area (TPSA) is 131 Å². The number of carbonyl (C=O) groups is 3. The molecule has 0 spiro atoms. The van der Waals surface area contributed by atoms with Gasteiger partial charge in [-0.15, -0.1) is 0 Å². The Morgan fingerprint density at radius 2 is 1.22 bits per heavy atom. The summed E-state index contributed by atoms with van der Waals surface area (Å²) in [6.07, 6.45) is 0.500. The van der Waals surface area contributed by atoms with Crippen LogP contribution in [0.25, 0.3) is 0 Å². The van der Waals surface area contributed by atoms with E-state index >= 15 is 0 Å². The second-order valence-corrected chi connectivity index (χ2v) is 7.70. The first-order valence-corrected chi connectivity index (χ1v) is 11.1. The molecule has 0 radical (unpaired) electrons. The highest BCUT2D eigenvalue weighted by molar-refractivity contribution is 5.92. The molecule has 3 aromatic carbocycles. The number of hydrogen-bond donors (Lipinski definition) is 0. The lowest BCUT2D eigenvalue weighted by molar-refractivity contribution is -0.384. The van der Waals surface area contributed by atoms with Crippen LogP contribution in [0.4, 0.5) is 5.69 Å². The highest BCUT2D eigenvalue weighted by Crippen LogP contribution is 2.20. The van der Waals surface area contributed by atoms with Crippen LogP contribution in [0.1, 0.15) is 34.1 Å². The average molecular weight is 505 g/mol. The first-order chi connectivity index (χ1) is 17.7. The van der Waals surface area contributed by atoms with Gasteiger partial charge in [0.1, 0.15) is 17.2 Å². The molecule has 3 aromatic rings. The van der Waals surface area contributed by atoms with Crippen molar-refractivity contribution in [2.24, 2.45) is 0 Å². The SMILES string of the molecule is C=C(C)C(=O)OCCCOc1ccc(C(=O)Oc2ccc(C(=O)Oc3ccc([N+](=O)[O-])cc3)cc2)cc1. The number of nitrogens with zero attached hydrogens (tertiary/aromatic N) is 1. The highest BCUT2D eigenvalue weighted by Gasteiger charge is 2.13. The van der Waals surface area contributed by atoms with Crippen LogP contribution in [-0.4, -0.2) is 36.0 Å². The largest absolute Gasteiger partial charge is 0.493 e. The monoisotopic (exact) mass is 505 g/mol. The molecule has 10 nitrogen and oxygen atoms in total. The molecule has 0 aromatic heterocycles. The Hall–Kier alpha value is -4.99. The summed E-state index contributed by atoms with van der Waals surface area (Å²) in [6, 6.07) is 17.2. The summed E-state index contributed by atoms with van der Waals surface area (Å²) in [7, 11) is 0. The summed E-state index contributed by atoms with van der Waals surface area (Å²) in [5, 5.41) is 10.7. The second-order valence-electron chi connectivity index (χ2n) is 7.70. The summed E-state index contributed by atoms with van der Waals surface area (Å²) < 4.78 is 21.1. The summed E-state index contributed by atoms with van der Waals surface area (Å²) in [5.41, 5.74) is 0.715. The van der Waals surface area contributed by atoms with Gasteiger partial charge in [0, 0.05) is 24.1 Å². The molecular formula is C27H23NO9. The Labute approximate surface area is 212 Å². The molecular weight excluding hydrogens is 482 g/mol. The number of rotatable bonds is 11. The van der Waals surface area contributed by atoms with Crippen molar-refractivity contribution in [3.05, 3.63) is 106 Å². The summed E-state index contributed by atoms with van der Waals surface area (Å²) in [4.78, 5) is 46.2. The van der Waals surface area contributed by atoms with Crippen LogP contribution in [0.5, 0.6) is 17.2 Å². The minimum absolute atomic E-state index is 0.119. The van der Waals surface area contributed by atoms with Gasteiger partial charge in [-0.2, -0.15) is 0 Å². The van der Waals surface area contributed by atoms with Crippen LogP contribution in [0, 0.1) is 10.1 Å². The van der Waals surface area contributed by atoms with Crippen LogP contribution in [0.2, 0.25) is 0 Å². The van der Waals surface area contributed by atoms with Crippen molar-refractivity contribution >= 4 is 23.6 Å². The maximum absolute atomic E-state index is 12.4. The lowest BCUT2D eigenvalue weighted by atomic mass is 10.2. The molecule has 0 amide bonds. The summed E-state index contributed by atoms with van der Waals surface area (Å²) >= 11 is 0. The van der Waals surface area contributed by atoms with E-state index in [1.807, 2.05) is 0 Å². The van der Waals surface area contributed by atoms with Gasteiger partial charge < -0.3 is 18.9 Å². The van der Waals surface area contributed by atoms with E-state index in [4.69, 9.17) is 18.9 Å². The van der Waals surface area contributed by atoms with Crippen molar-refractivity contribution in [2.75, 3.05) is 13.2 Å². The maximum Gasteiger partial charge on any atom is 0.343 e. The van der Waals surface area contributed by atoms with Crippen LogP contribution < -0.4 is 14.2 Å². The molecule has 37 heavy (non-hydrogen) atoms. The van der Waals surface area contributed by atoms with Crippen LogP contribution in [0.3, 0.4) is 0 Å². The number of nitro benzene ring substituents is 1. The minimum Gasteiger partial charge on any atom is -0.493 e. The zero-order valence-corrected chi connectivity index (χ0v) is 19.9. The van der Waals surface area contributed by atoms with E-state index in [1.54, 1.807) is 31.2 Å². The van der Waals surface area contributed by atoms with Crippen LogP contribution >= 0.6 is 0 Å². The predicted molar refractivity (Wildman–Crippen MR) is 132 cm³/mol. The van der Waals surface area contributed by atoms with Crippen LogP contribution in [0.15, 0.2) is 84.9 Å². The standard InChI is InChI=1S/C27H23NO9/c1-18(2)25(29)35-17-3-16-34-22-10-4-19(5-11-22)26(30)36-23-12-6-20(7-13-23)27(31)37-24-14-8-21(9-15-24)28(32)33/h4-15H,1,3,16-17H2,2H3. The van der Waals surface area contributed by atoms with Crippen LogP contribution in [-0.2, 0) is 9.53 Å². The summed E-state index contributed by atoms with van der Waals surface area (Å²) in [6.45, 7) is 5.61.